The molecule has 1 unspecified atom stereocenters. The number of hydrogen-bond donors (Lipinski definition) is 2. The molecule has 4 heteroatoms. The van der Waals surface area contributed by atoms with Crippen LogP contribution in [0.1, 0.15) is 44.1 Å². The molecule has 1 aromatic rings. The van der Waals surface area contributed by atoms with E-state index >= 15 is 0 Å². The van der Waals surface area contributed by atoms with Gasteiger partial charge in [0.05, 0.1) is 18.7 Å². The van der Waals surface area contributed by atoms with E-state index in [1.807, 2.05) is 36.4 Å². The Bertz CT molecular complexity index is 803. The molecular weight excluding hydrogens is 348 g/mol. The van der Waals surface area contributed by atoms with Crippen molar-refractivity contribution in [2.24, 2.45) is 5.92 Å². The maximum atomic E-state index is 12.2. The lowest BCUT2D eigenvalue weighted by molar-refractivity contribution is -0.123. The van der Waals surface area contributed by atoms with E-state index in [1.54, 1.807) is 0 Å². The zero-order valence-electron chi connectivity index (χ0n) is 16.2. The van der Waals surface area contributed by atoms with Gasteiger partial charge in [0.15, 0.2) is 0 Å². The Balaban J connectivity index is 1.25. The predicted molar refractivity (Wildman–Crippen MR) is 111 cm³/mol. The van der Waals surface area contributed by atoms with Crippen LogP contribution in [0.2, 0.25) is 0 Å². The number of amides is 1. The summed E-state index contributed by atoms with van der Waals surface area (Å²) in [6, 6.07) is 8.04. The molecule has 0 aromatic heterocycles. The third-order valence-corrected chi connectivity index (χ3v) is 5.72. The molecule has 1 heterocycles. The third kappa shape index (κ3) is 5.05. The molecule has 2 atom stereocenters. The molecule has 1 aromatic carbocycles. The fourth-order valence-electron chi connectivity index (χ4n) is 3.66. The first-order valence-electron chi connectivity index (χ1n) is 10.4. The predicted octanol–water partition coefficient (Wildman–Crippen LogP) is 3.34. The molecule has 1 aliphatic heterocycles. The van der Waals surface area contributed by atoms with Gasteiger partial charge in [0, 0.05) is 11.1 Å². The van der Waals surface area contributed by atoms with Crippen LogP contribution in [0.5, 0.6) is 5.75 Å². The average molecular weight is 377 g/mol. The normalized spacial score (nSPS) is 23.9. The Hall–Kier alpha value is -2.51. The van der Waals surface area contributed by atoms with Crippen molar-refractivity contribution in [2.75, 3.05) is 13.2 Å². The Morgan fingerprint density at radius 1 is 1.14 bits per heavy atom. The Kier molecular flexibility index (Phi) is 6.14. The zero-order valence-corrected chi connectivity index (χ0v) is 16.2. The number of carbonyl (C=O) groups is 1. The number of benzene rings is 1. The highest BCUT2D eigenvalue weighted by Crippen LogP contribution is 2.27. The van der Waals surface area contributed by atoms with E-state index in [-0.39, 0.29) is 18.0 Å². The highest BCUT2D eigenvalue weighted by molar-refractivity contribution is 5.82. The fourth-order valence-corrected chi connectivity index (χ4v) is 3.66. The molecule has 0 radical (unpaired) electrons. The maximum Gasteiger partial charge on any atom is 0.237 e. The smallest absolute Gasteiger partial charge is 0.237 e. The molecule has 2 fully saturated rings. The minimum atomic E-state index is -0.0285. The van der Waals surface area contributed by atoms with E-state index in [9.17, 15) is 4.79 Å². The number of hydrogen-bond acceptors (Lipinski definition) is 3. The lowest BCUT2D eigenvalue weighted by Crippen LogP contribution is -2.44. The van der Waals surface area contributed by atoms with E-state index in [0.717, 1.165) is 55.2 Å². The lowest BCUT2D eigenvalue weighted by Gasteiger charge is -2.25. The minimum Gasteiger partial charge on any atom is -0.493 e. The number of carbonyl (C=O) groups excluding carboxylic acids is 1. The van der Waals surface area contributed by atoms with Gasteiger partial charge in [0.2, 0.25) is 5.91 Å². The van der Waals surface area contributed by atoms with Gasteiger partial charge in [-0.1, -0.05) is 30.4 Å². The van der Waals surface area contributed by atoms with Crippen LogP contribution in [-0.2, 0) is 4.79 Å². The maximum absolute atomic E-state index is 12.2. The van der Waals surface area contributed by atoms with Gasteiger partial charge in [0.1, 0.15) is 5.75 Å². The first-order chi connectivity index (χ1) is 13.8. The van der Waals surface area contributed by atoms with Gasteiger partial charge in [-0.3, -0.25) is 4.79 Å². The zero-order chi connectivity index (χ0) is 19.2. The highest BCUT2D eigenvalue weighted by atomic mass is 16.5. The van der Waals surface area contributed by atoms with Gasteiger partial charge in [-0.15, -0.1) is 0 Å². The fraction of sp³-hybridized carbons (Fsp3) is 0.458. The van der Waals surface area contributed by atoms with Crippen molar-refractivity contribution < 1.29 is 9.53 Å². The van der Waals surface area contributed by atoms with E-state index in [4.69, 9.17) is 4.74 Å². The molecule has 1 saturated carbocycles. The second-order valence-electron chi connectivity index (χ2n) is 7.90. The van der Waals surface area contributed by atoms with Crippen LogP contribution in [0.4, 0.5) is 0 Å². The Morgan fingerprint density at radius 3 is 2.64 bits per heavy atom. The highest BCUT2D eigenvalue weighted by Gasteiger charge is 2.23. The molecule has 4 rings (SSSR count). The molecule has 4 nitrogen and oxygen atoms in total. The second-order valence-corrected chi connectivity index (χ2v) is 7.90. The van der Waals surface area contributed by atoms with Crippen molar-refractivity contribution in [3.8, 4) is 17.6 Å². The number of rotatable bonds is 5. The van der Waals surface area contributed by atoms with E-state index in [1.165, 1.54) is 19.3 Å². The summed E-state index contributed by atoms with van der Waals surface area (Å²) in [5.74, 6) is 8.19. The number of nitrogens with one attached hydrogen (secondary N) is 2. The third-order valence-electron chi connectivity index (χ3n) is 5.72. The first kappa shape index (κ1) is 18.8. The van der Waals surface area contributed by atoms with Crippen molar-refractivity contribution in [3.05, 3.63) is 53.6 Å². The summed E-state index contributed by atoms with van der Waals surface area (Å²) in [6.45, 7) is 1.77. The van der Waals surface area contributed by atoms with Crippen LogP contribution in [0.25, 0.3) is 0 Å². The molecule has 0 spiro atoms. The number of allylic oxidation sites excluding steroid dienone is 2. The summed E-state index contributed by atoms with van der Waals surface area (Å²) >= 11 is 0. The van der Waals surface area contributed by atoms with Crippen molar-refractivity contribution in [3.63, 3.8) is 0 Å². The monoisotopic (exact) mass is 376 g/mol. The largest absolute Gasteiger partial charge is 0.493 e. The molecule has 146 valence electrons. The Labute approximate surface area is 167 Å². The van der Waals surface area contributed by atoms with Gasteiger partial charge in [-0.05, 0) is 74.9 Å². The van der Waals surface area contributed by atoms with Gasteiger partial charge < -0.3 is 15.4 Å². The van der Waals surface area contributed by atoms with Crippen molar-refractivity contribution in [1.82, 2.24) is 10.6 Å². The minimum absolute atomic E-state index is 0.0285. The standard InChI is InChI=1S/C24H28N2O2/c27-24(23-5-2-16-25-23)26-21-12-8-18(9-13-21)6-7-19-10-14-22(15-11-19)28-17-20-3-1-4-20/h8-12,14-15,20-21,23,25H,1-5,13,16-17H2,(H,26,27)/t21?,23-/m1/s1. The van der Waals surface area contributed by atoms with Gasteiger partial charge in [-0.25, -0.2) is 0 Å². The van der Waals surface area contributed by atoms with Crippen LogP contribution >= 0.6 is 0 Å². The van der Waals surface area contributed by atoms with Crippen LogP contribution in [-0.4, -0.2) is 31.1 Å². The van der Waals surface area contributed by atoms with E-state index in [0.29, 0.717) is 0 Å². The molecule has 2 N–H and O–H groups in total. The summed E-state index contributed by atoms with van der Waals surface area (Å²) in [6.07, 6.45) is 12.9. The quantitative estimate of drug-likeness (QED) is 0.775. The lowest BCUT2D eigenvalue weighted by atomic mass is 9.86. The molecule has 28 heavy (non-hydrogen) atoms. The van der Waals surface area contributed by atoms with E-state index in [2.05, 4.69) is 28.6 Å². The van der Waals surface area contributed by atoms with Crippen molar-refractivity contribution >= 4 is 5.91 Å². The van der Waals surface area contributed by atoms with Gasteiger partial charge in [-0.2, -0.15) is 0 Å². The molecule has 1 saturated heterocycles. The SMILES string of the molecule is O=C(NC1C=CC(C#Cc2ccc(OCC3CCC3)cc2)=CC1)[C@H]1CCCN1. The Morgan fingerprint density at radius 2 is 2.00 bits per heavy atom. The number of ether oxygens (including phenoxy) is 1. The molecular formula is C24H28N2O2. The van der Waals surface area contributed by atoms with Gasteiger partial charge >= 0.3 is 0 Å². The molecule has 2 aliphatic carbocycles. The van der Waals surface area contributed by atoms with E-state index < -0.39 is 0 Å². The molecule has 0 bridgehead atoms. The van der Waals surface area contributed by atoms with Crippen LogP contribution in [0, 0.1) is 17.8 Å². The summed E-state index contributed by atoms with van der Waals surface area (Å²) < 4.78 is 5.83. The van der Waals surface area contributed by atoms with Crippen molar-refractivity contribution in [2.45, 2.75) is 50.6 Å². The van der Waals surface area contributed by atoms with Crippen LogP contribution in [0.15, 0.2) is 48.1 Å². The molecule has 3 aliphatic rings. The summed E-state index contributed by atoms with van der Waals surface area (Å²) in [7, 11) is 0. The summed E-state index contributed by atoms with van der Waals surface area (Å²) in [4.78, 5) is 12.2. The second kappa shape index (κ2) is 9.12. The first-order valence-corrected chi connectivity index (χ1v) is 10.4. The molecule has 1 amide bonds. The van der Waals surface area contributed by atoms with Gasteiger partial charge in [0.25, 0.3) is 0 Å². The average Bonchev–Trinajstić information content (AvgIpc) is 3.22. The summed E-state index contributed by atoms with van der Waals surface area (Å²) in [5, 5.41) is 6.33. The van der Waals surface area contributed by atoms with Crippen LogP contribution in [0.3, 0.4) is 0 Å². The topological polar surface area (TPSA) is 50.4 Å². The van der Waals surface area contributed by atoms with Crippen molar-refractivity contribution in [1.29, 1.82) is 0 Å². The summed E-state index contributed by atoms with van der Waals surface area (Å²) in [5.41, 5.74) is 1.97. The van der Waals surface area contributed by atoms with Crippen LogP contribution < -0.4 is 15.4 Å².